The molecule has 2 nitrogen and oxygen atoms in total. The van der Waals surface area contributed by atoms with Crippen molar-refractivity contribution in [1.29, 1.82) is 0 Å². The Balaban J connectivity index is 1.90. The molecule has 2 fully saturated rings. The fourth-order valence-corrected chi connectivity index (χ4v) is 4.83. The molecular formula is C15H30N2S. The number of likely N-dealkylation sites (N-methyl/N-ethyl adjacent to an activating group) is 1. The number of hydrogen-bond donors (Lipinski definition) is 1. The highest BCUT2D eigenvalue weighted by Gasteiger charge is 2.37. The number of nitrogens with one attached hydrogen (secondary N) is 1. The van der Waals surface area contributed by atoms with Crippen LogP contribution in [0, 0.1) is 5.92 Å². The highest BCUT2D eigenvalue weighted by molar-refractivity contribution is 8.00. The molecule has 1 N–H and O–H groups in total. The predicted octanol–water partition coefficient (Wildman–Crippen LogP) is 2.98. The highest BCUT2D eigenvalue weighted by atomic mass is 32.2. The second kappa shape index (κ2) is 6.15. The minimum absolute atomic E-state index is 0.411. The molecule has 4 atom stereocenters. The molecule has 1 heterocycles. The largest absolute Gasteiger partial charge is 0.311 e. The molecular weight excluding hydrogens is 240 g/mol. The third-order valence-corrected chi connectivity index (χ3v) is 6.29. The van der Waals surface area contributed by atoms with E-state index in [9.17, 15) is 0 Å². The average Bonchev–Trinajstić information content (AvgIpc) is 2.72. The zero-order chi connectivity index (χ0) is 13.2. The summed E-state index contributed by atoms with van der Waals surface area (Å²) in [5.41, 5.74) is 0.411. The first-order chi connectivity index (χ1) is 8.52. The first-order valence-electron chi connectivity index (χ1n) is 7.54. The molecule has 1 aliphatic carbocycles. The van der Waals surface area contributed by atoms with Crippen LogP contribution in [-0.4, -0.2) is 48.1 Å². The van der Waals surface area contributed by atoms with Crippen LogP contribution in [0.3, 0.4) is 0 Å². The van der Waals surface area contributed by atoms with Crippen molar-refractivity contribution in [2.24, 2.45) is 5.92 Å². The van der Waals surface area contributed by atoms with Crippen molar-refractivity contribution in [3.8, 4) is 0 Å². The van der Waals surface area contributed by atoms with Gasteiger partial charge in [0.25, 0.3) is 0 Å². The average molecular weight is 270 g/mol. The lowest BCUT2D eigenvalue weighted by Crippen LogP contribution is -2.55. The van der Waals surface area contributed by atoms with Crippen LogP contribution >= 0.6 is 11.8 Å². The molecule has 0 aromatic heterocycles. The van der Waals surface area contributed by atoms with Crippen LogP contribution in [0.5, 0.6) is 0 Å². The van der Waals surface area contributed by atoms with Crippen molar-refractivity contribution in [3.63, 3.8) is 0 Å². The second-order valence-electron chi connectivity index (χ2n) is 6.78. The Morgan fingerprint density at radius 2 is 2.11 bits per heavy atom. The molecule has 0 spiro atoms. The van der Waals surface area contributed by atoms with E-state index < -0.39 is 0 Å². The van der Waals surface area contributed by atoms with Crippen LogP contribution < -0.4 is 5.32 Å². The molecule has 4 unspecified atom stereocenters. The van der Waals surface area contributed by atoms with E-state index in [0.29, 0.717) is 5.54 Å². The van der Waals surface area contributed by atoms with Crippen molar-refractivity contribution >= 4 is 11.8 Å². The van der Waals surface area contributed by atoms with Gasteiger partial charge >= 0.3 is 0 Å². The van der Waals surface area contributed by atoms with Gasteiger partial charge in [-0.15, -0.1) is 0 Å². The molecule has 1 saturated carbocycles. The minimum atomic E-state index is 0.411. The molecule has 18 heavy (non-hydrogen) atoms. The van der Waals surface area contributed by atoms with Gasteiger partial charge in [0.1, 0.15) is 0 Å². The van der Waals surface area contributed by atoms with Gasteiger partial charge in [-0.1, -0.05) is 26.7 Å². The van der Waals surface area contributed by atoms with Gasteiger partial charge in [-0.2, -0.15) is 11.8 Å². The SMILES string of the molecule is CC1CCCC(CNC2CSC(C)C2)(N(C)C)C1. The summed E-state index contributed by atoms with van der Waals surface area (Å²) in [5.74, 6) is 2.19. The van der Waals surface area contributed by atoms with Crippen LogP contribution in [0.4, 0.5) is 0 Å². The Morgan fingerprint density at radius 3 is 2.67 bits per heavy atom. The molecule has 106 valence electrons. The van der Waals surface area contributed by atoms with Crippen molar-refractivity contribution in [3.05, 3.63) is 0 Å². The smallest absolute Gasteiger partial charge is 0.0330 e. The topological polar surface area (TPSA) is 15.3 Å². The predicted molar refractivity (Wildman–Crippen MR) is 82.4 cm³/mol. The van der Waals surface area contributed by atoms with E-state index in [-0.39, 0.29) is 0 Å². The lowest BCUT2D eigenvalue weighted by molar-refractivity contribution is 0.0729. The fourth-order valence-electron chi connectivity index (χ4n) is 3.65. The van der Waals surface area contributed by atoms with Crippen LogP contribution in [0.25, 0.3) is 0 Å². The summed E-state index contributed by atoms with van der Waals surface area (Å²) in [6.07, 6.45) is 6.90. The van der Waals surface area contributed by atoms with Crippen molar-refractivity contribution in [1.82, 2.24) is 10.2 Å². The summed E-state index contributed by atoms with van der Waals surface area (Å²) in [6.45, 7) is 5.96. The molecule has 0 aromatic rings. The normalized spacial score (nSPS) is 41.5. The maximum absolute atomic E-state index is 3.86. The quantitative estimate of drug-likeness (QED) is 0.845. The summed E-state index contributed by atoms with van der Waals surface area (Å²) in [6, 6.07) is 0.749. The van der Waals surface area contributed by atoms with Gasteiger partial charge in [-0.25, -0.2) is 0 Å². The van der Waals surface area contributed by atoms with Gasteiger partial charge in [0.15, 0.2) is 0 Å². The molecule has 0 aromatic carbocycles. The number of rotatable bonds is 4. The standard InChI is InChI=1S/C15H30N2S/c1-12-6-5-7-15(9-12,17(3)4)11-16-14-8-13(2)18-10-14/h12-14,16H,5-11H2,1-4H3. The summed E-state index contributed by atoms with van der Waals surface area (Å²) in [5, 5.41) is 4.71. The Morgan fingerprint density at radius 1 is 1.33 bits per heavy atom. The minimum Gasteiger partial charge on any atom is -0.311 e. The summed E-state index contributed by atoms with van der Waals surface area (Å²) >= 11 is 2.12. The van der Waals surface area contributed by atoms with E-state index in [0.717, 1.165) is 17.2 Å². The summed E-state index contributed by atoms with van der Waals surface area (Å²) < 4.78 is 0. The molecule has 1 aliphatic heterocycles. The third kappa shape index (κ3) is 3.43. The van der Waals surface area contributed by atoms with Crippen molar-refractivity contribution in [2.75, 3.05) is 26.4 Å². The monoisotopic (exact) mass is 270 g/mol. The zero-order valence-electron chi connectivity index (χ0n) is 12.5. The first kappa shape index (κ1) is 14.7. The van der Waals surface area contributed by atoms with E-state index in [1.807, 2.05) is 0 Å². The molecule has 2 aliphatic rings. The van der Waals surface area contributed by atoms with E-state index in [1.165, 1.54) is 44.4 Å². The van der Waals surface area contributed by atoms with Crippen molar-refractivity contribution < 1.29 is 0 Å². The number of nitrogens with zero attached hydrogens (tertiary/aromatic N) is 1. The van der Waals surface area contributed by atoms with E-state index in [2.05, 4.69) is 49.9 Å². The third-order valence-electron chi connectivity index (χ3n) is 4.93. The van der Waals surface area contributed by atoms with Crippen LogP contribution in [0.15, 0.2) is 0 Å². The van der Waals surface area contributed by atoms with Gasteiger partial charge in [0, 0.05) is 29.1 Å². The Labute approximate surface area is 117 Å². The second-order valence-corrected chi connectivity index (χ2v) is 8.25. The Kier molecular flexibility index (Phi) is 5.01. The van der Waals surface area contributed by atoms with Gasteiger partial charge in [-0.05, 0) is 39.3 Å². The summed E-state index contributed by atoms with van der Waals surface area (Å²) in [4.78, 5) is 2.49. The van der Waals surface area contributed by atoms with Crippen LogP contribution in [0.2, 0.25) is 0 Å². The number of thioether (sulfide) groups is 1. The van der Waals surface area contributed by atoms with Crippen LogP contribution in [-0.2, 0) is 0 Å². The molecule has 0 amide bonds. The fraction of sp³-hybridized carbons (Fsp3) is 1.00. The Bertz CT molecular complexity index is 269. The van der Waals surface area contributed by atoms with E-state index in [4.69, 9.17) is 0 Å². The van der Waals surface area contributed by atoms with Gasteiger partial charge in [0.2, 0.25) is 0 Å². The molecule has 0 radical (unpaired) electrons. The Hall–Kier alpha value is 0.270. The van der Waals surface area contributed by atoms with Gasteiger partial charge < -0.3 is 10.2 Å². The number of hydrogen-bond acceptors (Lipinski definition) is 3. The summed E-state index contributed by atoms with van der Waals surface area (Å²) in [7, 11) is 4.54. The molecule has 2 rings (SSSR count). The van der Waals surface area contributed by atoms with Gasteiger partial charge in [-0.3, -0.25) is 0 Å². The first-order valence-corrected chi connectivity index (χ1v) is 8.59. The molecule has 3 heteroatoms. The maximum Gasteiger partial charge on any atom is 0.0330 e. The van der Waals surface area contributed by atoms with E-state index in [1.54, 1.807) is 0 Å². The van der Waals surface area contributed by atoms with Crippen LogP contribution in [0.1, 0.15) is 46.0 Å². The maximum atomic E-state index is 3.86. The lowest BCUT2D eigenvalue weighted by atomic mass is 9.75. The van der Waals surface area contributed by atoms with Crippen molar-refractivity contribution in [2.45, 2.75) is 62.8 Å². The molecule has 0 bridgehead atoms. The molecule has 1 saturated heterocycles. The van der Waals surface area contributed by atoms with Gasteiger partial charge in [0.05, 0.1) is 0 Å². The lowest BCUT2D eigenvalue weighted by Gasteiger charge is -2.46. The zero-order valence-corrected chi connectivity index (χ0v) is 13.4. The highest BCUT2D eigenvalue weighted by Crippen LogP contribution is 2.35. The van der Waals surface area contributed by atoms with E-state index >= 15 is 0 Å².